The monoisotopic (exact) mass is 509 g/mol. The summed E-state index contributed by atoms with van der Waals surface area (Å²) in [6.07, 6.45) is -0.379. The lowest BCUT2D eigenvalue weighted by atomic mass is 9.85. The number of aromatic nitrogens is 2. The van der Waals surface area contributed by atoms with Crippen molar-refractivity contribution in [3.8, 4) is 0 Å². The lowest BCUT2D eigenvalue weighted by Gasteiger charge is -2.22. The standard InChI is InChI=1S/C29H27F4N3O/c1-35(14-11-20-5-3-2-4-6-20)27-10-8-23(19-34-27)25(17-21-12-15-36(37)16-13-21)22-7-9-24(28(30)31)26(18-22)29(32)33/h2-10,12-13,15-16,18-19,25,28-29H,11,14,17H2,1H3. The molecule has 0 saturated heterocycles. The van der Waals surface area contributed by atoms with Crippen LogP contribution in [0.2, 0.25) is 0 Å². The second-order valence-corrected chi connectivity index (χ2v) is 8.92. The summed E-state index contributed by atoms with van der Waals surface area (Å²) in [5.41, 5.74) is 1.91. The van der Waals surface area contributed by atoms with Gasteiger partial charge in [-0.2, -0.15) is 4.73 Å². The fourth-order valence-corrected chi connectivity index (χ4v) is 4.33. The van der Waals surface area contributed by atoms with Crippen molar-refractivity contribution in [2.24, 2.45) is 0 Å². The Hall–Kier alpha value is -3.94. The molecule has 0 aliphatic carbocycles. The Bertz CT molecular complexity index is 1280. The van der Waals surface area contributed by atoms with Gasteiger partial charge in [0.1, 0.15) is 5.82 Å². The van der Waals surface area contributed by atoms with Crippen molar-refractivity contribution in [3.63, 3.8) is 0 Å². The van der Waals surface area contributed by atoms with Crippen LogP contribution in [0.15, 0.2) is 91.4 Å². The van der Waals surface area contributed by atoms with Gasteiger partial charge in [-0.25, -0.2) is 22.5 Å². The third-order valence-corrected chi connectivity index (χ3v) is 6.44. The summed E-state index contributed by atoms with van der Waals surface area (Å²) in [4.78, 5) is 6.63. The molecule has 192 valence electrons. The lowest BCUT2D eigenvalue weighted by molar-refractivity contribution is -0.605. The Kier molecular flexibility index (Phi) is 8.38. The SMILES string of the molecule is CN(CCc1ccccc1)c1ccc(C(Cc2cc[n+]([O-])cc2)c2ccc(C(F)F)c(C(F)F)c2)cn1. The van der Waals surface area contributed by atoms with Gasteiger partial charge in [0.15, 0.2) is 12.4 Å². The molecule has 2 aromatic carbocycles. The van der Waals surface area contributed by atoms with Gasteiger partial charge < -0.3 is 10.1 Å². The minimum atomic E-state index is -3.03. The van der Waals surface area contributed by atoms with E-state index in [2.05, 4.69) is 17.1 Å². The molecule has 0 aliphatic rings. The molecule has 1 atom stereocenters. The fraction of sp³-hybridized carbons (Fsp3) is 0.241. The molecule has 0 spiro atoms. The predicted octanol–water partition coefficient (Wildman–Crippen LogP) is 6.64. The quantitative estimate of drug-likeness (QED) is 0.137. The van der Waals surface area contributed by atoms with Crippen LogP contribution < -0.4 is 9.63 Å². The molecular weight excluding hydrogens is 482 g/mol. The van der Waals surface area contributed by atoms with Gasteiger partial charge in [0.25, 0.3) is 12.9 Å². The maximum absolute atomic E-state index is 13.7. The molecule has 0 radical (unpaired) electrons. The largest absolute Gasteiger partial charge is 0.619 e. The number of alkyl halides is 4. The van der Waals surface area contributed by atoms with Crippen LogP contribution >= 0.6 is 0 Å². The summed E-state index contributed by atoms with van der Waals surface area (Å²) in [6.45, 7) is 0.756. The Balaban J connectivity index is 1.62. The van der Waals surface area contributed by atoms with Crippen molar-refractivity contribution in [2.45, 2.75) is 31.6 Å². The van der Waals surface area contributed by atoms with E-state index in [1.807, 2.05) is 42.3 Å². The second-order valence-electron chi connectivity index (χ2n) is 8.92. The number of hydrogen-bond donors (Lipinski definition) is 0. The van der Waals surface area contributed by atoms with E-state index in [4.69, 9.17) is 0 Å². The second kappa shape index (κ2) is 11.9. The third kappa shape index (κ3) is 6.64. The van der Waals surface area contributed by atoms with Gasteiger partial charge in [0, 0.05) is 49.0 Å². The van der Waals surface area contributed by atoms with Gasteiger partial charge in [-0.15, -0.1) is 0 Å². The number of nitrogens with zero attached hydrogens (tertiary/aromatic N) is 3. The Morgan fingerprint density at radius 3 is 2.11 bits per heavy atom. The van der Waals surface area contributed by atoms with Crippen LogP contribution in [0.25, 0.3) is 0 Å². The Labute approximate surface area is 213 Å². The van der Waals surface area contributed by atoms with Crippen molar-refractivity contribution in [1.29, 1.82) is 0 Å². The number of benzene rings is 2. The molecule has 4 aromatic rings. The number of rotatable bonds is 10. The van der Waals surface area contributed by atoms with Crippen LogP contribution in [-0.4, -0.2) is 18.6 Å². The summed E-state index contributed by atoms with van der Waals surface area (Å²) in [6, 6.07) is 20.9. The highest BCUT2D eigenvalue weighted by Crippen LogP contribution is 2.36. The highest BCUT2D eigenvalue weighted by molar-refractivity contribution is 5.44. The van der Waals surface area contributed by atoms with Crippen LogP contribution in [0.4, 0.5) is 23.4 Å². The average Bonchev–Trinajstić information content (AvgIpc) is 2.91. The zero-order valence-corrected chi connectivity index (χ0v) is 20.3. The number of halogens is 4. The molecular formula is C29H27F4N3O. The predicted molar refractivity (Wildman–Crippen MR) is 135 cm³/mol. The van der Waals surface area contributed by atoms with E-state index in [0.29, 0.717) is 16.7 Å². The summed E-state index contributed by atoms with van der Waals surface area (Å²) in [5.74, 6) is 0.328. The fourth-order valence-electron chi connectivity index (χ4n) is 4.33. The van der Waals surface area contributed by atoms with Gasteiger partial charge in [0.05, 0.1) is 0 Å². The van der Waals surface area contributed by atoms with Crippen molar-refractivity contribution in [2.75, 3.05) is 18.5 Å². The molecule has 0 aliphatic heterocycles. The molecule has 8 heteroatoms. The molecule has 0 N–H and O–H groups in total. The van der Waals surface area contributed by atoms with Gasteiger partial charge in [-0.1, -0.05) is 48.5 Å². The van der Waals surface area contributed by atoms with Crippen LogP contribution in [0.1, 0.15) is 52.1 Å². The maximum atomic E-state index is 13.7. The molecule has 1 unspecified atom stereocenters. The molecule has 4 rings (SSSR count). The number of likely N-dealkylation sites (N-methyl/N-ethyl adjacent to an activating group) is 1. The zero-order chi connectivity index (χ0) is 26.4. The van der Waals surface area contributed by atoms with Gasteiger partial charge in [-0.3, -0.25) is 0 Å². The minimum Gasteiger partial charge on any atom is -0.619 e. The van der Waals surface area contributed by atoms with E-state index >= 15 is 0 Å². The van der Waals surface area contributed by atoms with Crippen molar-refractivity contribution < 1.29 is 22.3 Å². The molecule has 4 nitrogen and oxygen atoms in total. The van der Waals surface area contributed by atoms with E-state index < -0.39 is 29.9 Å². The summed E-state index contributed by atoms with van der Waals surface area (Å²) in [5, 5.41) is 11.5. The van der Waals surface area contributed by atoms with E-state index in [-0.39, 0.29) is 0 Å². The van der Waals surface area contributed by atoms with E-state index in [9.17, 15) is 22.8 Å². The first-order chi connectivity index (χ1) is 17.8. The number of hydrogen-bond acceptors (Lipinski definition) is 3. The summed E-state index contributed by atoms with van der Waals surface area (Å²) < 4.78 is 54.6. The third-order valence-electron chi connectivity index (χ3n) is 6.44. The Morgan fingerprint density at radius 2 is 1.49 bits per heavy atom. The summed E-state index contributed by atoms with van der Waals surface area (Å²) in [7, 11) is 1.95. The Morgan fingerprint density at radius 1 is 0.811 bits per heavy atom. The van der Waals surface area contributed by atoms with Crippen molar-refractivity contribution in [1.82, 2.24) is 4.98 Å². The van der Waals surface area contributed by atoms with Crippen LogP contribution in [0, 0.1) is 5.21 Å². The first kappa shape index (κ1) is 26.1. The minimum absolute atomic E-state index is 0.377. The molecule has 0 amide bonds. The van der Waals surface area contributed by atoms with E-state index in [0.717, 1.165) is 42.0 Å². The number of pyridine rings is 2. The van der Waals surface area contributed by atoms with Crippen LogP contribution in [0.5, 0.6) is 0 Å². The molecule has 2 heterocycles. The lowest BCUT2D eigenvalue weighted by Crippen LogP contribution is -2.24. The molecule has 0 saturated carbocycles. The summed E-state index contributed by atoms with van der Waals surface area (Å²) >= 11 is 0. The van der Waals surface area contributed by atoms with Crippen LogP contribution in [-0.2, 0) is 12.8 Å². The number of anilines is 1. The first-order valence-electron chi connectivity index (χ1n) is 11.9. The van der Waals surface area contributed by atoms with Gasteiger partial charge in [-0.05, 0) is 47.2 Å². The van der Waals surface area contributed by atoms with E-state index in [1.165, 1.54) is 24.0 Å². The smallest absolute Gasteiger partial charge is 0.264 e. The van der Waals surface area contributed by atoms with Crippen molar-refractivity contribution >= 4 is 5.82 Å². The van der Waals surface area contributed by atoms with Crippen molar-refractivity contribution in [3.05, 3.63) is 130 Å². The van der Waals surface area contributed by atoms with Crippen LogP contribution in [0.3, 0.4) is 0 Å². The molecule has 0 bridgehead atoms. The average molecular weight is 510 g/mol. The zero-order valence-electron chi connectivity index (χ0n) is 20.3. The maximum Gasteiger partial charge on any atom is 0.264 e. The normalized spacial score (nSPS) is 12.2. The van der Waals surface area contributed by atoms with Gasteiger partial charge in [0.2, 0.25) is 0 Å². The molecule has 2 aromatic heterocycles. The van der Waals surface area contributed by atoms with Gasteiger partial charge >= 0.3 is 0 Å². The highest BCUT2D eigenvalue weighted by Gasteiger charge is 2.24. The highest BCUT2D eigenvalue weighted by atomic mass is 19.3. The topological polar surface area (TPSA) is 43.1 Å². The van der Waals surface area contributed by atoms with E-state index in [1.54, 1.807) is 18.3 Å². The molecule has 37 heavy (non-hydrogen) atoms. The first-order valence-corrected chi connectivity index (χ1v) is 11.9. The molecule has 0 fully saturated rings.